The first-order chi connectivity index (χ1) is 13.3. The third-order valence-corrected chi connectivity index (χ3v) is 5.19. The Balaban J connectivity index is 1.80. The summed E-state index contributed by atoms with van der Waals surface area (Å²) in [7, 11) is 1.46. The Kier molecular flexibility index (Phi) is 5.56. The van der Waals surface area contributed by atoms with E-state index in [0.29, 0.717) is 27.6 Å². The monoisotopic (exact) mass is 404 g/mol. The fourth-order valence-corrected chi connectivity index (χ4v) is 3.54. The molecule has 0 saturated heterocycles. The predicted molar refractivity (Wildman–Crippen MR) is 99.3 cm³/mol. The van der Waals surface area contributed by atoms with E-state index in [4.69, 9.17) is 14.7 Å². The first-order valence-electron chi connectivity index (χ1n) is 8.17. The number of nitriles is 1. The molecule has 28 heavy (non-hydrogen) atoms. The van der Waals surface area contributed by atoms with Crippen LogP contribution in [0.2, 0.25) is 0 Å². The lowest BCUT2D eigenvalue weighted by molar-refractivity contribution is -0.137. The number of aromatic nitrogens is 1. The Hall–Kier alpha value is -3.05. The quantitative estimate of drug-likeness (QED) is 0.556. The second kappa shape index (κ2) is 7.90. The minimum absolute atomic E-state index is 0.204. The molecule has 0 radical (unpaired) electrons. The van der Waals surface area contributed by atoms with E-state index >= 15 is 0 Å². The van der Waals surface area contributed by atoms with Crippen molar-refractivity contribution in [1.82, 2.24) is 4.98 Å². The van der Waals surface area contributed by atoms with Crippen LogP contribution in [0.1, 0.15) is 21.7 Å². The van der Waals surface area contributed by atoms with Crippen molar-refractivity contribution in [3.8, 4) is 28.1 Å². The van der Waals surface area contributed by atoms with Crippen LogP contribution in [0.15, 0.2) is 42.5 Å². The Bertz CT molecular complexity index is 1020. The van der Waals surface area contributed by atoms with Gasteiger partial charge in [-0.25, -0.2) is 4.98 Å². The van der Waals surface area contributed by atoms with Gasteiger partial charge in [-0.15, -0.1) is 11.3 Å². The molecule has 8 heteroatoms. The van der Waals surface area contributed by atoms with Crippen molar-refractivity contribution in [2.75, 3.05) is 7.11 Å². The standard InChI is InChI=1S/C20H15F3N2O2S/c1-12-17(11-27-16-5-3-4-14(10-24)18(16)26-2)28-19(25-12)13-6-8-15(9-7-13)20(21,22)23/h3-9H,11H2,1-2H3. The van der Waals surface area contributed by atoms with E-state index in [2.05, 4.69) is 4.98 Å². The zero-order chi connectivity index (χ0) is 20.3. The summed E-state index contributed by atoms with van der Waals surface area (Å²) in [5.41, 5.74) is 1.01. The van der Waals surface area contributed by atoms with Gasteiger partial charge in [0.2, 0.25) is 0 Å². The number of halogens is 3. The maximum Gasteiger partial charge on any atom is 0.416 e. The third kappa shape index (κ3) is 4.10. The summed E-state index contributed by atoms with van der Waals surface area (Å²) in [5, 5.41) is 9.75. The molecule has 2 aromatic carbocycles. The van der Waals surface area contributed by atoms with E-state index in [1.165, 1.54) is 30.6 Å². The van der Waals surface area contributed by atoms with Crippen molar-refractivity contribution >= 4 is 11.3 Å². The van der Waals surface area contributed by atoms with Crippen molar-refractivity contribution in [2.24, 2.45) is 0 Å². The van der Waals surface area contributed by atoms with Crippen molar-refractivity contribution in [2.45, 2.75) is 19.7 Å². The molecule has 0 amide bonds. The van der Waals surface area contributed by atoms with Gasteiger partial charge in [-0.05, 0) is 31.2 Å². The average molecular weight is 404 g/mol. The number of thiazole rings is 1. The third-order valence-electron chi connectivity index (χ3n) is 4.01. The predicted octanol–water partition coefficient (Wildman–Crippen LogP) is 5.60. The van der Waals surface area contributed by atoms with E-state index < -0.39 is 11.7 Å². The van der Waals surface area contributed by atoms with Crippen LogP contribution in [0.3, 0.4) is 0 Å². The van der Waals surface area contributed by atoms with Crippen LogP contribution in [-0.2, 0) is 12.8 Å². The van der Waals surface area contributed by atoms with Gasteiger partial charge >= 0.3 is 6.18 Å². The summed E-state index contributed by atoms with van der Waals surface area (Å²) in [6.07, 6.45) is -4.37. The topological polar surface area (TPSA) is 55.1 Å². The number of hydrogen-bond acceptors (Lipinski definition) is 5. The van der Waals surface area contributed by atoms with Crippen molar-refractivity contribution in [3.63, 3.8) is 0 Å². The molecule has 3 aromatic rings. The van der Waals surface area contributed by atoms with Crippen LogP contribution in [0.5, 0.6) is 11.5 Å². The Morgan fingerprint density at radius 2 is 1.86 bits per heavy atom. The van der Waals surface area contributed by atoms with Crippen molar-refractivity contribution in [3.05, 3.63) is 64.2 Å². The average Bonchev–Trinajstić information content (AvgIpc) is 3.06. The summed E-state index contributed by atoms with van der Waals surface area (Å²) in [4.78, 5) is 5.27. The van der Waals surface area contributed by atoms with E-state index in [1.807, 2.05) is 13.0 Å². The highest BCUT2D eigenvalue weighted by Crippen LogP contribution is 2.35. The number of aryl methyl sites for hydroxylation is 1. The van der Waals surface area contributed by atoms with Crippen LogP contribution < -0.4 is 9.47 Å². The number of ether oxygens (including phenoxy) is 2. The van der Waals surface area contributed by atoms with Crippen LogP contribution in [0.4, 0.5) is 13.2 Å². The van der Waals surface area contributed by atoms with E-state index in [-0.39, 0.29) is 6.61 Å². The number of para-hydroxylation sites is 1. The van der Waals surface area contributed by atoms with Gasteiger partial charge in [0.05, 0.1) is 28.8 Å². The summed E-state index contributed by atoms with van der Waals surface area (Å²) in [5.74, 6) is 0.792. The zero-order valence-electron chi connectivity index (χ0n) is 15.0. The molecule has 1 aromatic heterocycles. The molecule has 0 aliphatic heterocycles. The Labute approximate surface area is 163 Å². The highest BCUT2D eigenvalue weighted by atomic mass is 32.1. The maximum absolute atomic E-state index is 12.7. The largest absolute Gasteiger partial charge is 0.492 e. The molecule has 0 spiro atoms. The van der Waals surface area contributed by atoms with Gasteiger partial charge in [-0.3, -0.25) is 0 Å². The lowest BCUT2D eigenvalue weighted by Gasteiger charge is -2.11. The Morgan fingerprint density at radius 3 is 2.46 bits per heavy atom. The highest BCUT2D eigenvalue weighted by molar-refractivity contribution is 7.15. The van der Waals surface area contributed by atoms with Crippen molar-refractivity contribution < 1.29 is 22.6 Å². The number of alkyl halides is 3. The van der Waals surface area contributed by atoms with E-state index in [1.54, 1.807) is 18.2 Å². The number of methoxy groups -OCH3 is 1. The van der Waals surface area contributed by atoms with E-state index in [9.17, 15) is 13.2 Å². The van der Waals surface area contributed by atoms with Gasteiger partial charge < -0.3 is 9.47 Å². The van der Waals surface area contributed by atoms with Gasteiger partial charge in [-0.2, -0.15) is 18.4 Å². The molecule has 0 bridgehead atoms. The van der Waals surface area contributed by atoms with Crippen LogP contribution in [0, 0.1) is 18.3 Å². The number of hydrogen-bond donors (Lipinski definition) is 0. The molecule has 0 atom stereocenters. The minimum Gasteiger partial charge on any atom is -0.492 e. The fourth-order valence-electron chi connectivity index (χ4n) is 2.56. The molecular weight excluding hydrogens is 389 g/mol. The molecule has 0 aliphatic carbocycles. The molecule has 144 valence electrons. The second-order valence-corrected chi connectivity index (χ2v) is 6.92. The van der Waals surface area contributed by atoms with Gasteiger partial charge in [0.1, 0.15) is 17.7 Å². The lowest BCUT2D eigenvalue weighted by Crippen LogP contribution is -2.03. The number of nitrogens with zero attached hydrogens (tertiary/aromatic N) is 2. The minimum atomic E-state index is -4.37. The molecule has 0 fully saturated rings. The zero-order valence-corrected chi connectivity index (χ0v) is 15.8. The van der Waals surface area contributed by atoms with Crippen LogP contribution in [0.25, 0.3) is 10.6 Å². The SMILES string of the molecule is COc1c(C#N)cccc1OCc1sc(-c2ccc(C(F)(F)F)cc2)nc1C. The second-order valence-electron chi connectivity index (χ2n) is 5.84. The van der Waals surface area contributed by atoms with Gasteiger partial charge in [0, 0.05) is 5.56 Å². The fraction of sp³-hybridized carbons (Fsp3) is 0.200. The van der Waals surface area contributed by atoms with Crippen LogP contribution in [-0.4, -0.2) is 12.1 Å². The molecule has 1 heterocycles. The Morgan fingerprint density at radius 1 is 1.14 bits per heavy atom. The smallest absolute Gasteiger partial charge is 0.416 e. The first-order valence-corrected chi connectivity index (χ1v) is 8.99. The maximum atomic E-state index is 12.7. The molecule has 0 saturated carbocycles. The molecule has 3 rings (SSSR count). The lowest BCUT2D eigenvalue weighted by atomic mass is 10.1. The first kappa shape index (κ1) is 19.7. The van der Waals surface area contributed by atoms with Gasteiger partial charge in [0.15, 0.2) is 11.5 Å². The van der Waals surface area contributed by atoms with Crippen molar-refractivity contribution in [1.29, 1.82) is 5.26 Å². The number of rotatable bonds is 5. The molecule has 0 N–H and O–H groups in total. The van der Waals surface area contributed by atoms with Gasteiger partial charge in [0.25, 0.3) is 0 Å². The van der Waals surface area contributed by atoms with Crippen LogP contribution >= 0.6 is 11.3 Å². The molecule has 4 nitrogen and oxygen atoms in total. The summed E-state index contributed by atoms with van der Waals surface area (Å²) >= 11 is 1.35. The molecule has 0 unspecified atom stereocenters. The summed E-state index contributed by atoms with van der Waals surface area (Å²) < 4.78 is 49.2. The summed E-state index contributed by atoms with van der Waals surface area (Å²) in [6.45, 7) is 2.01. The summed E-state index contributed by atoms with van der Waals surface area (Å²) in [6, 6.07) is 12.0. The normalized spacial score (nSPS) is 11.1. The van der Waals surface area contributed by atoms with E-state index in [0.717, 1.165) is 22.7 Å². The molecule has 0 aliphatic rings. The number of benzene rings is 2. The molecular formula is C20H15F3N2O2S. The highest BCUT2D eigenvalue weighted by Gasteiger charge is 2.30. The van der Waals surface area contributed by atoms with Gasteiger partial charge in [-0.1, -0.05) is 18.2 Å².